The normalized spacial score (nSPS) is 20.7. The fourth-order valence-corrected chi connectivity index (χ4v) is 4.97. The van der Waals surface area contributed by atoms with Gasteiger partial charge in [0.15, 0.2) is 5.78 Å². The van der Waals surface area contributed by atoms with Crippen molar-refractivity contribution in [3.8, 4) is 0 Å². The smallest absolute Gasteiger partial charge is 0.325 e. The summed E-state index contributed by atoms with van der Waals surface area (Å²) in [5, 5.41) is 3.76. The van der Waals surface area contributed by atoms with Gasteiger partial charge in [0.25, 0.3) is 5.91 Å². The highest BCUT2D eigenvalue weighted by Crippen LogP contribution is 2.23. The number of para-hydroxylation sites is 1. The van der Waals surface area contributed by atoms with Crippen LogP contribution in [0.4, 0.5) is 4.79 Å². The first kappa shape index (κ1) is 21.5. The number of carbonyl (C=O) groups is 3. The highest BCUT2D eigenvalue weighted by atomic mass is 16.5. The number of imide groups is 1. The topological polar surface area (TPSA) is 96.4 Å². The molecule has 0 bridgehead atoms. The molecule has 2 aromatic heterocycles. The number of ether oxygens (including phenoxy) is 1. The van der Waals surface area contributed by atoms with Crippen LogP contribution in [-0.4, -0.2) is 57.5 Å². The minimum Gasteiger partial charge on any atom is -0.376 e. The number of aromatic nitrogens is 2. The molecule has 0 unspecified atom stereocenters. The maximum atomic E-state index is 13.1. The second kappa shape index (κ2) is 8.51. The lowest BCUT2D eigenvalue weighted by Crippen LogP contribution is -2.36. The first-order chi connectivity index (χ1) is 15.9. The van der Waals surface area contributed by atoms with Crippen LogP contribution in [0.5, 0.6) is 0 Å². The molecule has 2 aliphatic rings. The van der Waals surface area contributed by atoms with Gasteiger partial charge in [-0.05, 0) is 44.4 Å². The van der Waals surface area contributed by atoms with Crippen LogP contribution in [-0.2, 0) is 22.5 Å². The summed E-state index contributed by atoms with van der Waals surface area (Å²) in [5.41, 5.74) is 4.30. The van der Waals surface area contributed by atoms with Crippen molar-refractivity contribution in [2.24, 2.45) is 0 Å². The highest BCUT2D eigenvalue weighted by molar-refractivity contribution is 6.09. The number of ketones is 1. The molecule has 2 N–H and O–H groups in total. The van der Waals surface area contributed by atoms with Crippen molar-refractivity contribution < 1.29 is 19.1 Å². The van der Waals surface area contributed by atoms with E-state index in [1.165, 1.54) is 0 Å². The summed E-state index contributed by atoms with van der Waals surface area (Å²) in [6.45, 7) is 5.09. The zero-order chi connectivity index (χ0) is 23.1. The number of aromatic amines is 1. The van der Waals surface area contributed by atoms with Crippen LogP contribution < -0.4 is 5.32 Å². The molecule has 2 saturated heterocycles. The molecule has 3 amide bonds. The van der Waals surface area contributed by atoms with Gasteiger partial charge in [0.1, 0.15) is 6.04 Å². The maximum Gasteiger partial charge on any atom is 0.325 e. The van der Waals surface area contributed by atoms with Crippen LogP contribution in [0.1, 0.15) is 40.2 Å². The third-order valence-electron chi connectivity index (χ3n) is 6.79. The van der Waals surface area contributed by atoms with Crippen LogP contribution in [0.25, 0.3) is 10.9 Å². The zero-order valence-corrected chi connectivity index (χ0v) is 18.9. The Morgan fingerprint density at radius 1 is 1.21 bits per heavy atom. The molecule has 1 aromatic carbocycles. The van der Waals surface area contributed by atoms with E-state index < -0.39 is 12.1 Å². The Morgan fingerprint density at radius 3 is 2.82 bits per heavy atom. The van der Waals surface area contributed by atoms with E-state index in [0.29, 0.717) is 18.5 Å². The Labute approximate surface area is 191 Å². The van der Waals surface area contributed by atoms with Gasteiger partial charge in [-0.15, -0.1) is 0 Å². The lowest BCUT2D eigenvalue weighted by atomic mass is 10.0. The maximum absolute atomic E-state index is 13.1. The first-order valence-electron chi connectivity index (χ1n) is 11.4. The Hall–Kier alpha value is -3.39. The summed E-state index contributed by atoms with van der Waals surface area (Å²) in [5.74, 6) is -0.607. The predicted octanol–water partition coefficient (Wildman–Crippen LogP) is 3.11. The van der Waals surface area contributed by atoms with E-state index in [-0.39, 0.29) is 24.3 Å². The van der Waals surface area contributed by atoms with Crippen molar-refractivity contribution in [3.05, 3.63) is 59.0 Å². The summed E-state index contributed by atoms with van der Waals surface area (Å²) in [7, 11) is 0. The van der Waals surface area contributed by atoms with Gasteiger partial charge in [-0.2, -0.15) is 0 Å². The molecule has 5 rings (SSSR count). The molecule has 2 fully saturated rings. The quantitative estimate of drug-likeness (QED) is 0.429. The fourth-order valence-electron chi connectivity index (χ4n) is 4.97. The Morgan fingerprint density at radius 2 is 2.03 bits per heavy atom. The van der Waals surface area contributed by atoms with Crippen molar-refractivity contribution in [2.75, 3.05) is 13.2 Å². The van der Waals surface area contributed by atoms with Crippen LogP contribution in [0.2, 0.25) is 0 Å². The summed E-state index contributed by atoms with van der Waals surface area (Å²) in [4.78, 5) is 42.9. The molecule has 8 heteroatoms. The second-order valence-electron chi connectivity index (χ2n) is 8.94. The molecule has 3 aromatic rings. The molecule has 8 nitrogen and oxygen atoms in total. The summed E-state index contributed by atoms with van der Waals surface area (Å²) in [6.07, 6.45) is 4.46. The first-order valence-corrected chi connectivity index (χ1v) is 11.4. The van der Waals surface area contributed by atoms with Crippen LogP contribution in [0.3, 0.4) is 0 Å². The van der Waals surface area contributed by atoms with Gasteiger partial charge in [-0.3, -0.25) is 14.5 Å². The van der Waals surface area contributed by atoms with Gasteiger partial charge < -0.3 is 19.6 Å². The van der Waals surface area contributed by atoms with E-state index >= 15 is 0 Å². The molecule has 2 atom stereocenters. The molecule has 4 heterocycles. The molecule has 0 saturated carbocycles. The molecule has 0 spiro atoms. The number of Topliss-reactive ketones (excluding diaryl/α,β-unsaturated/α-hetero) is 1. The molecule has 2 aliphatic heterocycles. The number of carbonyl (C=O) groups excluding carboxylic acids is 3. The highest BCUT2D eigenvalue weighted by Gasteiger charge is 2.39. The minimum absolute atomic E-state index is 0.161. The van der Waals surface area contributed by atoms with Crippen LogP contribution >= 0.6 is 0 Å². The third-order valence-corrected chi connectivity index (χ3v) is 6.79. The number of urea groups is 1. The monoisotopic (exact) mass is 448 g/mol. The van der Waals surface area contributed by atoms with Gasteiger partial charge in [0.2, 0.25) is 0 Å². The third kappa shape index (κ3) is 3.95. The van der Waals surface area contributed by atoms with Crippen molar-refractivity contribution in [1.82, 2.24) is 19.8 Å². The number of hydrogen-bond acceptors (Lipinski definition) is 4. The summed E-state index contributed by atoms with van der Waals surface area (Å²) >= 11 is 0. The van der Waals surface area contributed by atoms with Crippen LogP contribution in [0, 0.1) is 13.8 Å². The van der Waals surface area contributed by atoms with E-state index in [2.05, 4.69) is 14.9 Å². The molecule has 172 valence electrons. The second-order valence-corrected chi connectivity index (χ2v) is 8.94. The molecule has 0 aliphatic carbocycles. The van der Waals surface area contributed by atoms with E-state index in [9.17, 15) is 14.4 Å². The van der Waals surface area contributed by atoms with Gasteiger partial charge in [-0.1, -0.05) is 18.2 Å². The van der Waals surface area contributed by atoms with Crippen molar-refractivity contribution in [3.63, 3.8) is 0 Å². The lowest BCUT2D eigenvalue weighted by Gasteiger charge is -2.15. The molecular weight excluding hydrogens is 420 g/mol. The van der Waals surface area contributed by atoms with Crippen molar-refractivity contribution in [1.29, 1.82) is 0 Å². The average Bonchev–Trinajstić information content (AvgIpc) is 3.57. The molecule has 33 heavy (non-hydrogen) atoms. The van der Waals surface area contributed by atoms with Gasteiger partial charge in [0, 0.05) is 53.6 Å². The van der Waals surface area contributed by atoms with E-state index in [4.69, 9.17) is 4.74 Å². The Balaban J connectivity index is 1.29. The Kier molecular flexibility index (Phi) is 5.54. The number of nitrogens with one attached hydrogen (secondary N) is 2. The van der Waals surface area contributed by atoms with Crippen LogP contribution in [0.15, 0.2) is 36.5 Å². The fraction of sp³-hybridized carbons (Fsp3) is 0.400. The molecule has 0 radical (unpaired) electrons. The van der Waals surface area contributed by atoms with Gasteiger partial charge in [0.05, 0.1) is 12.6 Å². The summed E-state index contributed by atoms with van der Waals surface area (Å²) < 4.78 is 7.83. The standard InChI is InChI=1S/C25H28N4O4/c1-15-10-20(16(2)28(15)13-18-6-5-9-33-18)23(30)14-29-24(31)22(27-25(29)32)11-17-12-26-21-8-4-3-7-19(17)21/h3-4,7-8,10,12,18,22,26H,5-6,9,11,13-14H2,1-2H3,(H,27,32)/t18-,22+/m0/s1. The minimum atomic E-state index is -0.684. The largest absolute Gasteiger partial charge is 0.376 e. The summed E-state index contributed by atoms with van der Waals surface area (Å²) in [6, 6.07) is 8.46. The van der Waals surface area contributed by atoms with E-state index in [1.807, 2.05) is 50.4 Å². The predicted molar refractivity (Wildman–Crippen MR) is 123 cm³/mol. The number of hydrogen-bond donors (Lipinski definition) is 2. The number of nitrogens with zero attached hydrogens (tertiary/aromatic N) is 2. The number of rotatable bonds is 7. The number of amides is 3. The van der Waals surface area contributed by atoms with E-state index in [0.717, 1.165) is 52.2 Å². The van der Waals surface area contributed by atoms with Gasteiger partial charge in [-0.25, -0.2) is 4.79 Å². The van der Waals surface area contributed by atoms with E-state index in [1.54, 1.807) is 0 Å². The lowest BCUT2D eigenvalue weighted by molar-refractivity contribution is -0.127. The SMILES string of the molecule is Cc1cc(C(=O)CN2C(=O)N[C@H](Cc3c[nH]c4ccccc34)C2=O)c(C)n1C[C@@H]1CCCO1. The number of benzene rings is 1. The Bertz CT molecular complexity index is 1230. The number of aryl methyl sites for hydroxylation is 1. The number of fused-ring (bicyclic) bond motifs is 1. The average molecular weight is 449 g/mol. The van der Waals surface area contributed by atoms with Gasteiger partial charge >= 0.3 is 6.03 Å². The molecular formula is C25H28N4O4. The van der Waals surface area contributed by atoms with Crippen molar-refractivity contribution >= 4 is 28.6 Å². The van der Waals surface area contributed by atoms with Crippen molar-refractivity contribution in [2.45, 2.75) is 51.8 Å². The number of H-pyrrole nitrogens is 1. The zero-order valence-electron chi connectivity index (χ0n) is 18.9.